The van der Waals surface area contributed by atoms with Crippen molar-refractivity contribution < 1.29 is 4.79 Å². The molecule has 1 heterocycles. The zero-order valence-electron chi connectivity index (χ0n) is 12.2. The predicted octanol–water partition coefficient (Wildman–Crippen LogP) is 1.99. The number of para-hydroxylation sites is 1. The number of rotatable bonds is 8. The summed E-state index contributed by atoms with van der Waals surface area (Å²) >= 11 is 0. The van der Waals surface area contributed by atoms with E-state index in [1.165, 1.54) is 0 Å². The Balaban J connectivity index is 1.56. The maximum atomic E-state index is 11.8. The average molecular weight is 286 g/mol. The Labute approximate surface area is 125 Å². The number of carbonyl (C=O) groups is 1. The van der Waals surface area contributed by atoms with Crippen LogP contribution in [0.5, 0.6) is 0 Å². The second-order valence-electron chi connectivity index (χ2n) is 5.06. The Kier molecular flexibility index (Phi) is 5.82. The van der Waals surface area contributed by atoms with Crippen LogP contribution in [0, 0.1) is 0 Å². The molecule has 0 atom stereocenters. The number of nitrogens with one attached hydrogen (secondary N) is 1. The molecule has 0 saturated heterocycles. The molecule has 0 radical (unpaired) electrons. The Hall–Kier alpha value is -2.30. The van der Waals surface area contributed by atoms with Crippen LogP contribution >= 0.6 is 0 Å². The molecule has 1 amide bonds. The first kappa shape index (κ1) is 15.1. The highest BCUT2D eigenvalue weighted by molar-refractivity contribution is 5.76. The van der Waals surface area contributed by atoms with Gasteiger partial charge in [0.05, 0.1) is 6.33 Å². The van der Waals surface area contributed by atoms with E-state index in [-0.39, 0.29) is 5.91 Å². The Morgan fingerprint density at radius 2 is 2.14 bits per heavy atom. The van der Waals surface area contributed by atoms with Crippen LogP contribution in [0.3, 0.4) is 0 Å². The van der Waals surface area contributed by atoms with E-state index in [1.54, 1.807) is 6.20 Å². The third-order valence-corrected chi connectivity index (χ3v) is 3.40. The Morgan fingerprint density at radius 1 is 1.29 bits per heavy atom. The highest BCUT2D eigenvalue weighted by Gasteiger charge is 2.03. The van der Waals surface area contributed by atoms with Gasteiger partial charge in [-0.15, -0.1) is 0 Å². The molecule has 0 bridgehead atoms. The number of aryl methyl sites for hydroxylation is 2. The Morgan fingerprint density at radius 3 is 2.90 bits per heavy atom. The van der Waals surface area contributed by atoms with Gasteiger partial charge < -0.3 is 15.6 Å². The van der Waals surface area contributed by atoms with E-state index in [2.05, 4.69) is 10.3 Å². The van der Waals surface area contributed by atoms with Gasteiger partial charge in [0.2, 0.25) is 5.91 Å². The van der Waals surface area contributed by atoms with Gasteiger partial charge in [0.15, 0.2) is 0 Å². The summed E-state index contributed by atoms with van der Waals surface area (Å²) in [5, 5.41) is 2.95. The number of nitrogens with zero attached hydrogens (tertiary/aromatic N) is 2. The lowest BCUT2D eigenvalue weighted by Gasteiger charge is -2.07. The summed E-state index contributed by atoms with van der Waals surface area (Å²) in [5.74, 6) is 0.0842. The predicted molar refractivity (Wildman–Crippen MR) is 83.6 cm³/mol. The number of nitrogen functional groups attached to an aromatic ring is 1. The lowest BCUT2D eigenvalue weighted by Crippen LogP contribution is -2.24. The van der Waals surface area contributed by atoms with Gasteiger partial charge in [-0.25, -0.2) is 4.98 Å². The molecule has 0 fully saturated rings. The zero-order chi connectivity index (χ0) is 14.9. The van der Waals surface area contributed by atoms with Crippen molar-refractivity contribution in [2.45, 2.75) is 32.2 Å². The van der Waals surface area contributed by atoms with Crippen LogP contribution < -0.4 is 11.1 Å². The third kappa shape index (κ3) is 5.30. The van der Waals surface area contributed by atoms with Gasteiger partial charge >= 0.3 is 0 Å². The van der Waals surface area contributed by atoms with Crippen molar-refractivity contribution in [3.63, 3.8) is 0 Å². The molecule has 21 heavy (non-hydrogen) atoms. The molecule has 2 rings (SSSR count). The van der Waals surface area contributed by atoms with Gasteiger partial charge in [-0.3, -0.25) is 4.79 Å². The molecule has 5 heteroatoms. The van der Waals surface area contributed by atoms with Crippen molar-refractivity contribution in [2.24, 2.45) is 0 Å². The van der Waals surface area contributed by atoms with Crippen LogP contribution in [-0.2, 0) is 17.8 Å². The maximum Gasteiger partial charge on any atom is 0.220 e. The highest BCUT2D eigenvalue weighted by Crippen LogP contribution is 2.12. The van der Waals surface area contributed by atoms with Crippen molar-refractivity contribution in [1.29, 1.82) is 0 Å². The molecule has 1 aromatic heterocycles. The minimum atomic E-state index is 0.0842. The summed E-state index contributed by atoms with van der Waals surface area (Å²) in [5.41, 5.74) is 7.64. The van der Waals surface area contributed by atoms with E-state index in [9.17, 15) is 4.79 Å². The standard InChI is InChI=1S/C16H22N4O/c17-15-6-2-1-5-14(15)7-8-16(21)19-9-3-4-11-20-12-10-18-13-20/h1-2,5-6,10,12-13H,3-4,7-9,11,17H2,(H,19,21). The second kappa shape index (κ2) is 8.09. The number of benzene rings is 1. The molecule has 0 unspecified atom stereocenters. The summed E-state index contributed by atoms with van der Waals surface area (Å²) in [6.45, 7) is 1.66. The van der Waals surface area contributed by atoms with Gasteiger partial charge in [0.1, 0.15) is 0 Å². The van der Waals surface area contributed by atoms with Crippen molar-refractivity contribution in [2.75, 3.05) is 12.3 Å². The number of imidazole rings is 1. The fraction of sp³-hybridized carbons (Fsp3) is 0.375. The molecule has 2 aromatic rings. The molecule has 0 saturated carbocycles. The van der Waals surface area contributed by atoms with E-state index in [4.69, 9.17) is 5.73 Å². The van der Waals surface area contributed by atoms with Crippen molar-refractivity contribution in [3.8, 4) is 0 Å². The fourth-order valence-electron chi connectivity index (χ4n) is 2.16. The van der Waals surface area contributed by atoms with Crippen molar-refractivity contribution in [1.82, 2.24) is 14.9 Å². The number of anilines is 1. The lowest BCUT2D eigenvalue weighted by molar-refractivity contribution is -0.121. The molecular weight excluding hydrogens is 264 g/mol. The van der Waals surface area contributed by atoms with Gasteiger partial charge in [-0.05, 0) is 30.9 Å². The molecule has 3 N–H and O–H groups in total. The van der Waals surface area contributed by atoms with E-state index in [0.717, 1.165) is 37.2 Å². The van der Waals surface area contributed by atoms with Crippen LogP contribution in [-0.4, -0.2) is 22.0 Å². The van der Waals surface area contributed by atoms with Gasteiger partial charge in [-0.2, -0.15) is 0 Å². The molecule has 0 aliphatic rings. The third-order valence-electron chi connectivity index (χ3n) is 3.40. The summed E-state index contributed by atoms with van der Waals surface area (Å²) in [4.78, 5) is 15.7. The lowest BCUT2D eigenvalue weighted by atomic mass is 10.1. The number of nitrogens with two attached hydrogens (primary N) is 1. The van der Waals surface area contributed by atoms with E-state index in [0.29, 0.717) is 12.8 Å². The van der Waals surface area contributed by atoms with Gasteiger partial charge in [0.25, 0.3) is 0 Å². The number of aromatic nitrogens is 2. The fourth-order valence-corrected chi connectivity index (χ4v) is 2.16. The van der Waals surface area contributed by atoms with E-state index in [1.807, 2.05) is 41.4 Å². The molecule has 5 nitrogen and oxygen atoms in total. The normalized spacial score (nSPS) is 10.5. The van der Waals surface area contributed by atoms with Gasteiger partial charge in [-0.1, -0.05) is 18.2 Å². The largest absolute Gasteiger partial charge is 0.399 e. The summed E-state index contributed by atoms with van der Waals surface area (Å²) < 4.78 is 2.04. The van der Waals surface area contributed by atoms with Crippen LogP contribution in [0.1, 0.15) is 24.8 Å². The first-order chi connectivity index (χ1) is 10.3. The average Bonchev–Trinajstić information content (AvgIpc) is 2.99. The van der Waals surface area contributed by atoms with E-state index >= 15 is 0 Å². The van der Waals surface area contributed by atoms with Crippen LogP contribution in [0.15, 0.2) is 43.0 Å². The number of unbranched alkanes of at least 4 members (excludes halogenated alkanes) is 1. The number of hydrogen-bond acceptors (Lipinski definition) is 3. The SMILES string of the molecule is Nc1ccccc1CCC(=O)NCCCCn1ccnc1. The van der Waals surface area contributed by atoms with Crippen LogP contribution in [0.25, 0.3) is 0 Å². The van der Waals surface area contributed by atoms with E-state index < -0.39 is 0 Å². The zero-order valence-corrected chi connectivity index (χ0v) is 12.2. The second-order valence-corrected chi connectivity index (χ2v) is 5.06. The van der Waals surface area contributed by atoms with Gasteiger partial charge in [0, 0.05) is 37.6 Å². The van der Waals surface area contributed by atoms with Crippen LogP contribution in [0.4, 0.5) is 5.69 Å². The minimum absolute atomic E-state index is 0.0842. The number of carbonyl (C=O) groups excluding carboxylic acids is 1. The number of hydrogen-bond donors (Lipinski definition) is 2. The Bertz CT molecular complexity index is 551. The smallest absolute Gasteiger partial charge is 0.220 e. The maximum absolute atomic E-state index is 11.8. The molecule has 0 aliphatic carbocycles. The first-order valence-electron chi connectivity index (χ1n) is 7.31. The molecule has 0 aliphatic heterocycles. The molecule has 1 aromatic carbocycles. The summed E-state index contributed by atoms with van der Waals surface area (Å²) in [6, 6.07) is 7.68. The van der Waals surface area contributed by atoms with Crippen molar-refractivity contribution in [3.05, 3.63) is 48.5 Å². The van der Waals surface area contributed by atoms with Crippen molar-refractivity contribution >= 4 is 11.6 Å². The summed E-state index contributed by atoms with van der Waals surface area (Å²) in [7, 11) is 0. The molecule has 0 spiro atoms. The minimum Gasteiger partial charge on any atom is -0.399 e. The topological polar surface area (TPSA) is 72.9 Å². The molecular formula is C16H22N4O. The summed E-state index contributed by atoms with van der Waals surface area (Å²) in [6.07, 6.45) is 8.70. The number of amides is 1. The quantitative estimate of drug-likeness (QED) is 0.576. The monoisotopic (exact) mass is 286 g/mol. The van der Waals surface area contributed by atoms with Crippen LogP contribution in [0.2, 0.25) is 0 Å². The highest BCUT2D eigenvalue weighted by atomic mass is 16.1. The molecule has 112 valence electrons. The first-order valence-corrected chi connectivity index (χ1v) is 7.31.